The fourth-order valence-corrected chi connectivity index (χ4v) is 1.18. The fourth-order valence-electron chi connectivity index (χ4n) is 1.18. The van der Waals surface area contributed by atoms with Crippen LogP contribution in [0, 0.1) is 5.82 Å². The highest BCUT2D eigenvalue weighted by Crippen LogP contribution is 2.23. The van der Waals surface area contributed by atoms with Crippen molar-refractivity contribution in [1.82, 2.24) is 0 Å². The third kappa shape index (κ3) is 3.26. The number of para-hydroxylation sites is 1. The molecule has 6 N–H and O–H groups in total. The Morgan fingerprint density at radius 1 is 1.29 bits per heavy atom. The van der Waals surface area contributed by atoms with E-state index in [1.165, 1.54) is 19.1 Å². The monoisotopic (exact) mass is 237 g/mol. The van der Waals surface area contributed by atoms with Crippen LogP contribution in [-0.4, -0.2) is 17.7 Å². The molecule has 0 amide bonds. The summed E-state index contributed by atoms with van der Waals surface area (Å²) in [5, 5.41) is 0. The van der Waals surface area contributed by atoms with Crippen molar-refractivity contribution in [1.29, 1.82) is 0 Å². The van der Waals surface area contributed by atoms with Gasteiger partial charge in [-0.2, -0.15) is 4.99 Å². The number of ketones is 1. The maximum atomic E-state index is 13.5. The first-order chi connectivity index (χ1) is 7.91. The number of nitrogens with zero attached hydrogens (tertiary/aromatic N) is 2. The second kappa shape index (κ2) is 5.06. The molecule has 0 aromatic heterocycles. The van der Waals surface area contributed by atoms with Crippen LogP contribution >= 0.6 is 0 Å². The molecule has 0 unspecified atom stereocenters. The number of nitrogens with two attached hydrogens (primary N) is 3. The second-order valence-corrected chi connectivity index (χ2v) is 3.20. The first kappa shape index (κ1) is 12.6. The predicted molar refractivity (Wildman–Crippen MR) is 63.5 cm³/mol. The van der Waals surface area contributed by atoms with Crippen molar-refractivity contribution < 1.29 is 9.18 Å². The highest BCUT2D eigenvalue weighted by atomic mass is 19.1. The van der Waals surface area contributed by atoms with Crippen molar-refractivity contribution in [3.8, 4) is 0 Å². The third-order valence-electron chi connectivity index (χ3n) is 1.84. The standard InChI is InChI=1S/C10H12FN5O/c1-5(17)6-3-2-4-7(11)8(6)15-10(14)16-9(12)13/h2-4H,1H3,(H6,12,13,14,15,16). The Balaban J connectivity index is 3.31. The molecule has 0 saturated heterocycles. The Kier molecular flexibility index (Phi) is 3.76. The third-order valence-corrected chi connectivity index (χ3v) is 1.84. The van der Waals surface area contributed by atoms with Crippen molar-refractivity contribution in [3.63, 3.8) is 0 Å². The van der Waals surface area contributed by atoms with Crippen LogP contribution in [0.15, 0.2) is 28.2 Å². The SMILES string of the molecule is CC(=O)c1cccc(F)c1N=C(N)N=C(N)N. The number of carbonyl (C=O) groups excluding carboxylic acids is 1. The minimum absolute atomic E-state index is 0.110. The maximum Gasteiger partial charge on any atom is 0.223 e. The van der Waals surface area contributed by atoms with E-state index in [1.807, 2.05) is 0 Å². The van der Waals surface area contributed by atoms with E-state index in [2.05, 4.69) is 9.98 Å². The van der Waals surface area contributed by atoms with Crippen molar-refractivity contribution in [2.75, 3.05) is 0 Å². The van der Waals surface area contributed by atoms with Crippen molar-refractivity contribution in [3.05, 3.63) is 29.6 Å². The Bertz CT molecular complexity index is 505. The molecular weight excluding hydrogens is 225 g/mol. The molecule has 0 heterocycles. The summed E-state index contributed by atoms with van der Waals surface area (Å²) in [7, 11) is 0. The summed E-state index contributed by atoms with van der Waals surface area (Å²) in [5.41, 5.74) is 15.5. The number of hydrogen-bond donors (Lipinski definition) is 3. The summed E-state index contributed by atoms with van der Waals surface area (Å²) in [6.07, 6.45) is 0. The highest BCUT2D eigenvalue weighted by molar-refractivity contribution is 6.01. The average molecular weight is 237 g/mol. The smallest absolute Gasteiger partial charge is 0.223 e. The lowest BCUT2D eigenvalue weighted by Crippen LogP contribution is -2.26. The molecule has 0 aliphatic heterocycles. The van der Waals surface area contributed by atoms with Crippen LogP contribution in [0.25, 0.3) is 0 Å². The number of Topliss-reactive ketones (excluding diaryl/α,β-unsaturated/α-hetero) is 1. The van der Waals surface area contributed by atoms with Gasteiger partial charge in [0.25, 0.3) is 0 Å². The number of halogens is 1. The summed E-state index contributed by atoms with van der Waals surface area (Å²) in [6, 6.07) is 4.00. The van der Waals surface area contributed by atoms with Gasteiger partial charge in [0, 0.05) is 5.56 Å². The van der Waals surface area contributed by atoms with Gasteiger partial charge in [-0.1, -0.05) is 6.07 Å². The number of carbonyl (C=O) groups is 1. The first-order valence-electron chi connectivity index (χ1n) is 4.65. The lowest BCUT2D eigenvalue weighted by atomic mass is 10.1. The first-order valence-corrected chi connectivity index (χ1v) is 4.65. The van der Waals surface area contributed by atoms with Crippen molar-refractivity contribution >= 4 is 23.4 Å². The molecule has 0 fully saturated rings. The van der Waals surface area contributed by atoms with Crippen LogP contribution in [0.4, 0.5) is 10.1 Å². The molecule has 6 nitrogen and oxygen atoms in total. The van der Waals surface area contributed by atoms with Crippen LogP contribution in [0.2, 0.25) is 0 Å². The zero-order valence-electron chi connectivity index (χ0n) is 9.14. The molecule has 0 radical (unpaired) electrons. The molecule has 7 heteroatoms. The van der Waals surface area contributed by atoms with Gasteiger partial charge in [0.2, 0.25) is 5.96 Å². The summed E-state index contributed by atoms with van der Waals surface area (Å²) in [6.45, 7) is 1.30. The number of guanidine groups is 2. The lowest BCUT2D eigenvalue weighted by Gasteiger charge is -2.03. The topological polar surface area (TPSA) is 120 Å². The average Bonchev–Trinajstić information content (AvgIpc) is 2.19. The molecule has 0 spiro atoms. The van der Waals surface area contributed by atoms with E-state index < -0.39 is 5.82 Å². The van der Waals surface area contributed by atoms with Crippen LogP contribution in [-0.2, 0) is 0 Å². The van der Waals surface area contributed by atoms with Gasteiger partial charge in [-0.25, -0.2) is 9.38 Å². The van der Waals surface area contributed by atoms with Crippen LogP contribution in [0.3, 0.4) is 0 Å². The van der Waals surface area contributed by atoms with E-state index in [-0.39, 0.29) is 29.0 Å². The van der Waals surface area contributed by atoms with E-state index in [4.69, 9.17) is 17.2 Å². The van der Waals surface area contributed by atoms with Crippen LogP contribution in [0.5, 0.6) is 0 Å². The largest absolute Gasteiger partial charge is 0.370 e. The lowest BCUT2D eigenvalue weighted by molar-refractivity contribution is 0.101. The molecular formula is C10H12FN5O. The van der Waals surface area contributed by atoms with E-state index in [0.29, 0.717) is 0 Å². The molecule has 1 rings (SSSR count). The van der Waals surface area contributed by atoms with Gasteiger partial charge in [0.1, 0.15) is 11.5 Å². The molecule has 17 heavy (non-hydrogen) atoms. The van der Waals surface area contributed by atoms with E-state index in [0.717, 1.165) is 6.07 Å². The number of rotatable bonds is 2. The maximum absolute atomic E-state index is 13.5. The molecule has 0 aliphatic carbocycles. The summed E-state index contributed by atoms with van der Waals surface area (Å²) in [5.74, 6) is -1.63. The quantitative estimate of drug-likeness (QED) is 0.388. The van der Waals surface area contributed by atoms with Gasteiger partial charge in [0.15, 0.2) is 11.7 Å². The zero-order valence-corrected chi connectivity index (χ0v) is 9.14. The molecule has 1 aromatic rings. The minimum atomic E-state index is -0.675. The molecule has 0 atom stereocenters. The predicted octanol–water partition coefficient (Wildman–Crippen LogP) is 0.248. The van der Waals surface area contributed by atoms with Crippen molar-refractivity contribution in [2.24, 2.45) is 27.2 Å². The number of hydrogen-bond acceptors (Lipinski definition) is 2. The highest BCUT2D eigenvalue weighted by Gasteiger charge is 2.11. The number of aliphatic imine (C=N–C) groups is 2. The number of benzene rings is 1. The summed E-state index contributed by atoms with van der Waals surface area (Å²) >= 11 is 0. The molecule has 0 bridgehead atoms. The summed E-state index contributed by atoms with van der Waals surface area (Å²) in [4.78, 5) is 18.4. The van der Waals surface area contributed by atoms with Gasteiger partial charge in [0.05, 0.1) is 0 Å². The Labute approximate surface area is 97.0 Å². The van der Waals surface area contributed by atoms with Gasteiger partial charge in [-0.3, -0.25) is 4.79 Å². The Morgan fingerprint density at radius 2 is 1.94 bits per heavy atom. The van der Waals surface area contributed by atoms with Gasteiger partial charge >= 0.3 is 0 Å². The van der Waals surface area contributed by atoms with E-state index in [1.54, 1.807) is 0 Å². The fraction of sp³-hybridized carbons (Fsp3) is 0.100. The van der Waals surface area contributed by atoms with E-state index in [9.17, 15) is 9.18 Å². The molecule has 90 valence electrons. The van der Waals surface area contributed by atoms with Gasteiger partial charge < -0.3 is 17.2 Å². The molecule has 1 aromatic carbocycles. The Morgan fingerprint density at radius 3 is 2.47 bits per heavy atom. The normalized spacial score (nSPS) is 11.1. The van der Waals surface area contributed by atoms with Crippen LogP contribution in [0.1, 0.15) is 17.3 Å². The van der Waals surface area contributed by atoms with Crippen molar-refractivity contribution in [2.45, 2.75) is 6.92 Å². The second-order valence-electron chi connectivity index (χ2n) is 3.20. The molecule has 0 saturated carbocycles. The minimum Gasteiger partial charge on any atom is -0.370 e. The zero-order chi connectivity index (χ0) is 13.0. The van der Waals surface area contributed by atoms with Gasteiger partial charge in [-0.15, -0.1) is 0 Å². The van der Waals surface area contributed by atoms with E-state index >= 15 is 0 Å². The molecule has 0 aliphatic rings. The van der Waals surface area contributed by atoms with Gasteiger partial charge in [-0.05, 0) is 19.1 Å². The van der Waals surface area contributed by atoms with Crippen LogP contribution < -0.4 is 17.2 Å². The Hall–Kier alpha value is -2.44. The summed E-state index contributed by atoms with van der Waals surface area (Å²) < 4.78 is 13.5.